The number of aromatic nitrogens is 2. The van der Waals surface area contributed by atoms with Crippen molar-refractivity contribution in [3.05, 3.63) is 54.6 Å². The van der Waals surface area contributed by atoms with Crippen LogP contribution in [0.3, 0.4) is 0 Å². The lowest BCUT2D eigenvalue weighted by atomic mass is 9.95. The van der Waals surface area contributed by atoms with E-state index in [1.807, 2.05) is 0 Å². The Kier molecular flexibility index (Phi) is 3.44. The van der Waals surface area contributed by atoms with Crippen LogP contribution < -0.4 is 4.57 Å². The van der Waals surface area contributed by atoms with Gasteiger partial charge >= 0.3 is 0 Å². The third-order valence-corrected chi connectivity index (χ3v) is 3.92. The number of benzene rings is 1. The van der Waals surface area contributed by atoms with Crippen molar-refractivity contribution >= 4 is 0 Å². The zero-order valence-corrected chi connectivity index (χ0v) is 10.8. The highest BCUT2D eigenvalue weighted by atomic mass is 15.1. The molecule has 0 amide bonds. The summed E-state index contributed by atoms with van der Waals surface area (Å²) in [5, 5.41) is 0. The zero-order chi connectivity index (χ0) is 12.2. The highest BCUT2D eigenvalue weighted by Gasteiger charge is 2.19. The summed E-state index contributed by atoms with van der Waals surface area (Å²) < 4.78 is 4.69. The molecule has 2 heteroatoms. The summed E-state index contributed by atoms with van der Waals surface area (Å²) in [6.07, 6.45) is 13.6. The lowest BCUT2D eigenvalue weighted by Crippen LogP contribution is -2.31. The Morgan fingerprint density at radius 1 is 1.06 bits per heavy atom. The number of rotatable bonds is 3. The second kappa shape index (κ2) is 5.38. The van der Waals surface area contributed by atoms with E-state index in [0.29, 0.717) is 0 Å². The standard InChI is InChI=1S/C16H21N2/c1-3-7-15(8-4-1)13-17-11-12-18(14-17)16-9-5-2-6-10-16/h1,3-4,7-8,11-12,14,16H,2,5-6,9-10,13H2/q+1. The summed E-state index contributed by atoms with van der Waals surface area (Å²) >= 11 is 0. The van der Waals surface area contributed by atoms with Gasteiger partial charge in [-0.05, 0) is 31.2 Å². The molecule has 18 heavy (non-hydrogen) atoms. The van der Waals surface area contributed by atoms with Crippen LogP contribution in [0.25, 0.3) is 0 Å². The van der Waals surface area contributed by atoms with E-state index in [9.17, 15) is 0 Å². The van der Waals surface area contributed by atoms with Crippen molar-refractivity contribution in [2.45, 2.75) is 44.7 Å². The molecule has 0 spiro atoms. The predicted molar refractivity (Wildman–Crippen MR) is 72.3 cm³/mol. The Hall–Kier alpha value is -1.57. The molecule has 1 fully saturated rings. The first kappa shape index (κ1) is 11.5. The molecule has 1 heterocycles. The van der Waals surface area contributed by atoms with E-state index in [1.165, 1.54) is 37.7 Å². The predicted octanol–water partition coefficient (Wildman–Crippen LogP) is 3.33. The summed E-state index contributed by atoms with van der Waals surface area (Å²) in [4.78, 5) is 0. The Balaban J connectivity index is 1.69. The fourth-order valence-electron chi connectivity index (χ4n) is 2.89. The van der Waals surface area contributed by atoms with Crippen LogP contribution in [-0.2, 0) is 6.54 Å². The number of imidazole rings is 1. The molecule has 0 atom stereocenters. The summed E-state index contributed by atoms with van der Waals surface area (Å²) in [6, 6.07) is 11.4. The Labute approximate surface area is 109 Å². The summed E-state index contributed by atoms with van der Waals surface area (Å²) in [6.45, 7) is 0.973. The van der Waals surface area contributed by atoms with Gasteiger partial charge in [-0.3, -0.25) is 0 Å². The molecule has 94 valence electrons. The quantitative estimate of drug-likeness (QED) is 0.729. The summed E-state index contributed by atoms with van der Waals surface area (Å²) in [5.74, 6) is 0. The Morgan fingerprint density at radius 2 is 1.83 bits per heavy atom. The van der Waals surface area contributed by atoms with E-state index < -0.39 is 0 Å². The zero-order valence-electron chi connectivity index (χ0n) is 10.8. The van der Waals surface area contributed by atoms with Gasteiger partial charge in [-0.25, -0.2) is 9.13 Å². The van der Waals surface area contributed by atoms with E-state index >= 15 is 0 Å². The minimum atomic E-state index is 0.732. The minimum absolute atomic E-state index is 0.732. The van der Waals surface area contributed by atoms with Crippen molar-refractivity contribution in [2.75, 3.05) is 0 Å². The van der Waals surface area contributed by atoms with Crippen LogP contribution in [0.2, 0.25) is 0 Å². The molecule has 0 N–H and O–H groups in total. The molecule has 1 aliphatic carbocycles. The van der Waals surface area contributed by atoms with Gasteiger partial charge in [-0.15, -0.1) is 0 Å². The third-order valence-electron chi connectivity index (χ3n) is 3.92. The van der Waals surface area contributed by atoms with Gasteiger partial charge in [0.05, 0.1) is 0 Å². The average Bonchev–Trinajstić information content (AvgIpc) is 2.89. The van der Waals surface area contributed by atoms with Crippen LogP contribution in [-0.4, -0.2) is 4.57 Å². The van der Waals surface area contributed by atoms with Crippen LogP contribution in [0.15, 0.2) is 49.1 Å². The lowest BCUT2D eigenvalue weighted by molar-refractivity contribution is -0.688. The topological polar surface area (TPSA) is 8.81 Å². The number of hydrogen-bond acceptors (Lipinski definition) is 0. The van der Waals surface area contributed by atoms with Crippen molar-refractivity contribution in [1.82, 2.24) is 4.57 Å². The molecule has 1 saturated carbocycles. The second-order valence-corrected chi connectivity index (χ2v) is 5.31. The van der Waals surface area contributed by atoms with Gasteiger partial charge in [0.15, 0.2) is 0 Å². The molecular weight excluding hydrogens is 220 g/mol. The maximum absolute atomic E-state index is 2.40. The van der Waals surface area contributed by atoms with E-state index in [1.54, 1.807) is 0 Å². The van der Waals surface area contributed by atoms with Crippen LogP contribution in [0.4, 0.5) is 0 Å². The molecular formula is C16H21N2+. The lowest BCUT2D eigenvalue weighted by Gasteiger charge is -2.18. The molecule has 0 radical (unpaired) electrons. The fraction of sp³-hybridized carbons (Fsp3) is 0.438. The first-order valence-electron chi connectivity index (χ1n) is 7.02. The first-order valence-corrected chi connectivity index (χ1v) is 7.02. The van der Waals surface area contributed by atoms with Crippen molar-refractivity contribution in [1.29, 1.82) is 0 Å². The third kappa shape index (κ3) is 2.63. The monoisotopic (exact) mass is 241 g/mol. The first-order chi connectivity index (χ1) is 8.92. The SMILES string of the molecule is c1ccc(C[n+]2ccn(C3CCCCC3)c2)cc1. The molecule has 0 aliphatic heterocycles. The van der Waals surface area contributed by atoms with Crippen molar-refractivity contribution in [3.63, 3.8) is 0 Å². The van der Waals surface area contributed by atoms with Crippen LogP contribution in [0.5, 0.6) is 0 Å². The minimum Gasteiger partial charge on any atom is -0.234 e. The smallest absolute Gasteiger partial charge is 0.234 e. The van der Waals surface area contributed by atoms with E-state index in [-0.39, 0.29) is 0 Å². The second-order valence-electron chi connectivity index (χ2n) is 5.31. The van der Waals surface area contributed by atoms with Gasteiger partial charge < -0.3 is 0 Å². The van der Waals surface area contributed by atoms with Gasteiger partial charge in [0.2, 0.25) is 6.33 Å². The van der Waals surface area contributed by atoms with Gasteiger partial charge in [0.25, 0.3) is 0 Å². The summed E-state index contributed by atoms with van der Waals surface area (Å²) in [5.41, 5.74) is 1.36. The maximum Gasteiger partial charge on any atom is 0.244 e. The highest BCUT2D eigenvalue weighted by molar-refractivity contribution is 5.13. The molecule has 3 rings (SSSR count). The molecule has 1 aliphatic rings. The van der Waals surface area contributed by atoms with E-state index in [2.05, 4.69) is 58.2 Å². The maximum atomic E-state index is 2.40. The van der Waals surface area contributed by atoms with Crippen LogP contribution in [0, 0.1) is 0 Å². The van der Waals surface area contributed by atoms with Crippen LogP contribution in [0.1, 0.15) is 43.7 Å². The molecule has 2 aromatic rings. The molecule has 2 nitrogen and oxygen atoms in total. The van der Waals surface area contributed by atoms with Gasteiger partial charge in [0, 0.05) is 0 Å². The van der Waals surface area contributed by atoms with Gasteiger partial charge in [0.1, 0.15) is 25.0 Å². The molecule has 0 bridgehead atoms. The van der Waals surface area contributed by atoms with E-state index in [0.717, 1.165) is 12.6 Å². The van der Waals surface area contributed by atoms with E-state index in [4.69, 9.17) is 0 Å². The molecule has 0 unspecified atom stereocenters. The van der Waals surface area contributed by atoms with Crippen molar-refractivity contribution in [2.24, 2.45) is 0 Å². The Morgan fingerprint density at radius 3 is 2.61 bits per heavy atom. The molecule has 1 aromatic heterocycles. The Bertz CT molecular complexity index is 481. The number of hydrogen-bond donors (Lipinski definition) is 0. The normalized spacial score (nSPS) is 16.9. The largest absolute Gasteiger partial charge is 0.244 e. The van der Waals surface area contributed by atoms with Crippen molar-refractivity contribution in [3.8, 4) is 0 Å². The number of nitrogens with zero attached hydrogens (tertiary/aromatic N) is 2. The molecule has 1 aromatic carbocycles. The van der Waals surface area contributed by atoms with Gasteiger partial charge in [-0.1, -0.05) is 36.8 Å². The summed E-state index contributed by atoms with van der Waals surface area (Å²) in [7, 11) is 0. The average molecular weight is 241 g/mol. The fourth-order valence-corrected chi connectivity index (χ4v) is 2.89. The van der Waals surface area contributed by atoms with Gasteiger partial charge in [-0.2, -0.15) is 0 Å². The van der Waals surface area contributed by atoms with Crippen molar-refractivity contribution < 1.29 is 4.57 Å². The van der Waals surface area contributed by atoms with Crippen LogP contribution >= 0.6 is 0 Å². The molecule has 0 saturated heterocycles. The highest BCUT2D eigenvalue weighted by Crippen LogP contribution is 2.27.